The molecule has 0 saturated carbocycles. The van der Waals surface area contributed by atoms with Gasteiger partial charge in [-0.1, -0.05) is 140 Å². The fourth-order valence-electron chi connectivity index (χ4n) is 8.23. The van der Waals surface area contributed by atoms with Crippen LogP contribution in [0.25, 0.3) is 110 Å². The molecule has 9 aromatic carbocycles. The van der Waals surface area contributed by atoms with Crippen molar-refractivity contribution in [2.75, 3.05) is 0 Å². The summed E-state index contributed by atoms with van der Waals surface area (Å²) in [5.41, 5.74) is 12.9. The molecule has 0 bridgehead atoms. The summed E-state index contributed by atoms with van der Waals surface area (Å²) in [6.07, 6.45) is 0. The van der Waals surface area contributed by atoms with E-state index in [-0.39, 0.29) is 0 Å². The quantitative estimate of drug-likeness (QED) is 0.183. The van der Waals surface area contributed by atoms with Crippen LogP contribution in [0.3, 0.4) is 0 Å². The molecule has 49 heavy (non-hydrogen) atoms. The van der Waals surface area contributed by atoms with E-state index in [1.807, 2.05) is 30.3 Å². The minimum absolute atomic E-state index is 0.643. The Morgan fingerprint density at radius 3 is 1.78 bits per heavy atom. The average molecular weight is 622 g/mol. The molecule has 1 heterocycles. The molecule has 0 N–H and O–H groups in total. The van der Waals surface area contributed by atoms with Gasteiger partial charge >= 0.3 is 0 Å². The molecular formula is C47H27NO. The summed E-state index contributed by atoms with van der Waals surface area (Å²) < 4.78 is 6.52. The molecule has 0 spiro atoms. The van der Waals surface area contributed by atoms with Gasteiger partial charge in [0.2, 0.25) is 5.89 Å². The van der Waals surface area contributed by atoms with Gasteiger partial charge in [0.1, 0.15) is 5.52 Å². The summed E-state index contributed by atoms with van der Waals surface area (Å²) in [5, 5.41) is 9.72. The topological polar surface area (TPSA) is 26.0 Å². The van der Waals surface area contributed by atoms with Gasteiger partial charge in [-0.25, -0.2) is 4.98 Å². The molecule has 0 aliphatic heterocycles. The number of hydrogen-bond acceptors (Lipinski definition) is 2. The molecule has 0 atom stereocenters. The van der Waals surface area contributed by atoms with Crippen LogP contribution in [0.2, 0.25) is 0 Å². The van der Waals surface area contributed by atoms with Crippen LogP contribution in [0.4, 0.5) is 0 Å². The van der Waals surface area contributed by atoms with Crippen LogP contribution >= 0.6 is 0 Å². The zero-order chi connectivity index (χ0) is 32.1. The van der Waals surface area contributed by atoms with Gasteiger partial charge in [0, 0.05) is 10.9 Å². The molecule has 1 aliphatic rings. The number of nitrogens with zero attached hydrogens (tertiary/aromatic N) is 1. The standard InChI is InChI=1S/C47H27NO/c1-2-9-30(10-3-1)47-48-43-26-23-29-21-19-28-20-22-31(27-42(28)44(29)46(43)49-47)32-13-6-15-34-33(32)14-7-16-35(34)38-24-25-41-37-12-5-4-11-36(37)39-17-8-18-40(38)45(39)41/h1-27H. The van der Waals surface area contributed by atoms with Crippen molar-refractivity contribution < 1.29 is 4.42 Å². The maximum Gasteiger partial charge on any atom is 0.227 e. The maximum absolute atomic E-state index is 6.52. The Bertz CT molecular complexity index is 2960. The number of hydrogen-bond donors (Lipinski definition) is 0. The third-order valence-corrected chi connectivity index (χ3v) is 10.4. The van der Waals surface area contributed by atoms with E-state index in [2.05, 4.69) is 133 Å². The molecule has 11 rings (SSSR count). The molecule has 0 saturated heterocycles. The van der Waals surface area contributed by atoms with E-state index in [0.29, 0.717) is 5.89 Å². The number of rotatable bonds is 3. The summed E-state index contributed by atoms with van der Waals surface area (Å²) in [5.74, 6) is 0.643. The molecular weight excluding hydrogens is 595 g/mol. The Balaban J connectivity index is 1.11. The lowest BCUT2D eigenvalue weighted by atomic mass is 9.89. The normalized spacial score (nSPS) is 12.1. The molecule has 0 fully saturated rings. The lowest BCUT2D eigenvalue weighted by Gasteiger charge is -2.15. The summed E-state index contributed by atoms with van der Waals surface area (Å²) in [6.45, 7) is 0. The van der Waals surface area contributed by atoms with Crippen LogP contribution in [0.15, 0.2) is 168 Å². The van der Waals surface area contributed by atoms with Crippen molar-refractivity contribution in [3.05, 3.63) is 164 Å². The van der Waals surface area contributed by atoms with Gasteiger partial charge in [-0.3, -0.25) is 0 Å². The maximum atomic E-state index is 6.52. The first kappa shape index (κ1) is 26.5. The minimum atomic E-state index is 0.643. The molecule has 1 aromatic heterocycles. The highest BCUT2D eigenvalue weighted by Crippen LogP contribution is 2.50. The molecule has 10 aromatic rings. The predicted octanol–water partition coefficient (Wildman–Crippen LogP) is 13.1. The second kappa shape index (κ2) is 10.00. The smallest absolute Gasteiger partial charge is 0.227 e. The van der Waals surface area contributed by atoms with Gasteiger partial charge in [0.25, 0.3) is 0 Å². The minimum Gasteiger partial charge on any atom is -0.435 e. The molecule has 0 unspecified atom stereocenters. The van der Waals surface area contributed by atoms with Crippen LogP contribution in [0.5, 0.6) is 0 Å². The highest BCUT2D eigenvalue weighted by molar-refractivity contribution is 6.21. The van der Waals surface area contributed by atoms with Crippen LogP contribution in [0.1, 0.15) is 0 Å². The molecule has 226 valence electrons. The van der Waals surface area contributed by atoms with Crippen molar-refractivity contribution >= 4 is 54.2 Å². The Morgan fingerprint density at radius 1 is 0.347 bits per heavy atom. The van der Waals surface area contributed by atoms with Gasteiger partial charge in [-0.15, -0.1) is 0 Å². The van der Waals surface area contributed by atoms with Crippen molar-refractivity contribution in [2.45, 2.75) is 0 Å². The molecule has 1 aliphatic carbocycles. The Labute approximate surface area is 282 Å². The number of benzene rings is 9. The predicted molar refractivity (Wildman–Crippen MR) is 205 cm³/mol. The van der Waals surface area contributed by atoms with Gasteiger partial charge in [0.05, 0.1) is 0 Å². The first-order chi connectivity index (χ1) is 24.3. The summed E-state index contributed by atoms with van der Waals surface area (Å²) in [4.78, 5) is 4.88. The third-order valence-electron chi connectivity index (χ3n) is 10.4. The van der Waals surface area contributed by atoms with Crippen molar-refractivity contribution in [2.24, 2.45) is 0 Å². The zero-order valence-electron chi connectivity index (χ0n) is 26.4. The fraction of sp³-hybridized carbons (Fsp3) is 0. The van der Waals surface area contributed by atoms with E-state index in [9.17, 15) is 0 Å². The van der Waals surface area contributed by atoms with Gasteiger partial charge in [-0.05, 0) is 106 Å². The van der Waals surface area contributed by atoms with Gasteiger partial charge in [0.15, 0.2) is 5.58 Å². The average Bonchev–Trinajstić information content (AvgIpc) is 3.75. The number of oxazole rings is 1. The summed E-state index contributed by atoms with van der Waals surface area (Å²) in [6, 6.07) is 59.2. The van der Waals surface area contributed by atoms with Crippen molar-refractivity contribution in [1.82, 2.24) is 4.98 Å². The second-order valence-corrected chi connectivity index (χ2v) is 13.0. The van der Waals surface area contributed by atoms with E-state index in [1.54, 1.807) is 0 Å². The van der Waals surface area contributed by atoms with Crippen LogP contribution in [-0.2, 0) is 0 Å². The molecule has 0 amide bonds. The van der Waals surface area contributed by atoms with Gasteiger partial charge < -0.3 is 4.42 Å². The molecule has 2 nitrogen and oxygen atoms in total. The van der Waals surface area contributed by atoms with E-state index >= 15 is 0 Å². The summed E-state index contributed by atoms with van der Waals surface area (Å²) in [7, 11) is 0. The lowest BCUT2D eigenvalue weighted by Crippen LogP contribution is -1.88. The largest absolute Gasteiger partial charge is 0.435 e. The Morgan fingerprint density at radius 2 is 0.939 bits per heavy atom. The van der Waals surface area contributed by atoms with E-state index in [4.69, 9.17) is 9.40 Å². The molecule has 0 radical (unpaired) electrons. The SMILES string of the molecule is c1ccc(-c2nc3ccc4ccc5ccc(-c6cccc7c(-c8ccc9c%10c(cccc8%10)-c8ccccc8-9)cccc67)cc5c4c3o2)cc1. The van der Waals surface area contributed by atoms with E-state index in [1.165, 1.54) is 71.4 Å². The molecule has 2 heteroatoms. The first-order valence-corrected chi connectivity index (χ1v) is 16.8. The van der Waals surface area contributed by atoms with Crippen LogP contribution < -0.4 is 0 Å². The first-order valence-electron chi connectivity index (χ1n) is 16.8. The second-order valence-electron chi connectivity index (χ2n) is 13.0. The third kappa shape index (κ3) is 3.80. The van der Waals surface area contributed by atoms with Crippen LogP contribution in [0, 0.1) is 0 Å². The number of aromatic nitrogens is 1. The highest BCUT2D eigenvalue weighted by Gasteiger charge is 2.23. The lowest BCUT2D eigenvalue weighted by molar-refractivity contribution is 0.623. The zero-order valence-corrected chi connectivity index (χ0v) is 26.4. The van der Waals surface area contributed by atoms with Crippen LogP contribution in [-0.4, -0.2) is 4.98 Å². The van der Waals surface area contributed by atoms with Crippen molar-refractivity contribution in [3.8, 4) is 56.0 Å². The fourth-order valence-corrected chi connectivity index (χ4v) is 8.23. The van der Waals surface area contributed by atoms with Crippen molar-refractivity contribution in [1.29, 1.82) is 0 Å². The Kier molecular flexibility index (Phi) is 5.42. The highest BCUT2D eigenvalue weighted by atomic mass is 16.3. The van der Waals surface area contributed by atoms with Crippen molar-refractivity contribution in [3.63, 3.8) is 0 Å². The van der Waals surface area contributed by atoms with E-state index < -0.39 is 0 Å². The Hall–Kier alpha value is -6.51. The summed E-state index contributed by atoms with van der Waals surface area (Å²) >= 11 is 0. The van der Waals surface area contributed by atoms with E-state index in [0.717, 1.165) is 32.8 Å². The van der Waals surface area contributed by atoms with Gasteiger partial charge in [-0.2, -0.15) is 0 Å². The monoisotopic (exact) mass is 621 g/mol. The number of fused-ring (bicyclic) bond motifs is 9.